The number of hydrogen-bond acceptors (Lipinski definition) is 4. The molecule has 2 bridgehead atoms. The standard InChI is InChI=1S/C23H27N3O4/c1-12-7-13(2)21(14(3)8-12)24-17(27)10-25(4)18(28)11-26-22(29)19-15-5-6-16(9-15)20(19)23(26)30/h5-8,15-16,19-20H,9-11H2,1-4H3,(H,24,27)/t15-,16-,19+,20+/m0/s1. The summed E-state index contributed by atoms with van der Waals surface area (Å²) in [6, 6.07) is 3.97. The zero-order valence-electron chi connectivity index (χ0n) is 17.8. The van der Waals surface area contributed by atoms with Gasteiger partial charge in [-0.2, -0.15) is 0 Å². The number of allylic oxidation sites excluding steroid dienone is 2. The van der Waals surface area contributed by atoms with Crippen LogP contribution in [0.2, 0.25) is 0 Å². The molecule has 3 aliphatic rings. The molecule has 1 saturated carbocycles. The van der Waals surface area contributed by atoms with E-state index >= 15 is 0 Å². The molecule has 158 valence electrons. The lowest BCUT2D eigenvalue weighted by Crippen LogP contribution is -2.44. The number of nitrogens with zero attached hydrogens (tertiary/aromatic N) is 2. The van der Waals surface area contributed by atoms with Crippen LogP contribution in [0.1, 0.15) is 23.1 Å². The van der Waals surface area contributed by atoms with Crippen molar-refractivity contribution in [1.82, 2.24) is 9.80 Å². The number of amides is 4. The molecule has 0 spiro atoms. The second-order valence-electron chi connectivity index (χ2n) is 8.83. The first-order valence-corrected chi connectivity index (χ1v) is 10.3. The molecule has 30 heavy (non-hydrogen) atoms. The van der Waals surface area contributed by atoms with E-state index in [0.29, 0.717) is 0 Å². The summed E-state index contributed by atoms with van der Waals surface area (Å²) < 4.78 is 0. The van der Waals surface area contributed by atoms with Gasteiger partial charge in [0.1, 0.15) is 6.54 Å². The minimum atomic E-state index is -0.426. The van der Waals surface area contributed by atoms with Crippen LogP contribution in [-0.2, 0) is 19.2 Å². The van der Waals surface area contributed by atoms with Crippen LogP contribution in [0.25, 0.3) is 0 Å². The third-order valence-electron chi connectivity index (χ3n) is 6.60. The van der Waals surface area contributed by atoms with Crippen LogP contribution in [-0.4, -0.2) is 53.6 Å². The first-order chi connectivity index (χ1) is 14.2. The Balaban J connectivity index is 1.36. The molecular weight excluding hydrogens is 382 g/mol. The van der Waals surface area contributed by atoms with Crippen LogP contribution < -0.4 is 5.32 Å². The van der Waals surface area contributed by atoms with Crippen molar-refractivity contribution in [2.45, 2.75) is 27.2 Å². The molecule has 0 unspecified atom stereocenters. The molecule has 0 aromatic heterocycles. The number of nitrogens with one attached hydrogen (secondary N) is 1. The highest BCUT2D eigenvalue weighted by molar-refractivity contribution is 6.08. The van der Waals surface area contributed by atoms with Crippen molar-refractivity contribution < 1.29 is 19.2 Å². The third kappa shape index (κ3) is 3.32. The minimum Gasteiger partial charge on any atom is -0.335 e. The summed E-state index contributed by atoms with van der Waals surface area (Å²) >= 11 is 0. The van der Waals surface area contributed by atoms with Gasteiger partial charge in [0, 0.05) is 12.7 Å². The first kappa shape index (κ1) is 20.3. The second-order valence-corrected chi connectivity index (χ2v) is 8.83. The molecular formula is C23H27N3O4. The summed E-state index contributed by atoms with van der Waals surface area (Å²) in [7, 11) is 1.51. The van der Waals surface area contributed by atoms with Crippen molar-refractivity contribution in [3.63, 3.8) is 0 Å². The second kappa shape index (κ2) is 7.38. The van der Waals surface area contributed by atoms with E-state index in [1.165, 1.54) is 11.9 Å². The number of hydrogen-bond donors (Lipinski definition) is 1. The molecule has 1 aliphatic heterocycles. The van der Waals surface area contributed by atoms with E-state index in [4.69, 9.17) is 0 Å². The summed E-state index contributed by atoms with van der Waals surface area (Å²) in [5.74, 6) is -1.66. The summed E-state index contributed by atoms with van der Waals surface area (Å²) in [6.45, 7) is 5.38. The predicted molar refractivity (Wildman–Crippen MR) is 111 cm³/mol. The fourth-order valence-electron chi connectivity index (χ4n) is 5.24. The highest BCUT2D eigenvalue weighted by Gasteiger charge is 2.59. The number of anilines is 1. The van der Waals surface area contributed by atoms with Crippen LogP contribution in [0.3, 0.4) is 0 Å². The van der Waals surface area contributed by atoms with E-state index in [1.807, 2.05) is 45.1 Å². The van der Waals surface area contributed by atoms with E-state index < -0.39 is 5.91 Å². The van der Waals surface area contributed by atoms with E-state index in [9.17, 15) is 19.2 Å². The molecule has 4 rings (SSSR count). The molecule has 7 heteroatoms. The van der Waals surface area contributed by atoms with Gasteiger partial charge < -0.3 is 10.2 Å². The summed E-state index contributed by atoms with van der Waals surface area (Å²) in [5, 5.41) is 2.87. The van der Waals surface area contributed by atoms with Crippen molar-refractivity contribution in [3.05, 3.63) is 41.0 Å². The van der Waals surface area contributed by atoms with Crippen molar-refractivity contribution >= 4 is 29.3 Å². The van der Waals surface area contributed by atoms with Gasteiger partial charge in [0.15, 0.2) is 0 Å². The number of carbonyl (C=O) groups excluding carboxylic acids is 4. The highest BCUT2D eigenvalue weighted by Crippen LogP contribution is 2.52. The maximum Gasteiger partial charge on any atom is 0.243 e. The van der Waals surface area contributed by atoms with Crippen molar-refractivity contribution in [3.8, 4) is 0 Å². The number of carbonyl (C=O) groups is 4. The molecule has 2 aliphatic carbocycles. The van der Waals surface area contributed by atoms with Crippen LogP contribution in [0.5, 0.6) is 0 Å². The average Bonchev–Trinajstić information content (AvgIpc) is 3.34. The Morgan fingerprint density at radius 1 is 1.03 bits per heavy atom. The largest absolute Gasteiger partial charge is 0.335 e. The average molecular weight is 409 g/mol. The van der Waals surface area contributed by atoms with E-state index in [-0.39, 0.29) is 54.5 Å². The monoisotopic (exact) mass is 409 g/mol. The minimum absolute atomic E-state index is 0.112. The van der Waals surface area contributed by atoms with Gasteiger partial charge >= 0.3 is 0 Å². The predicted octanol–water partition coefficient (Wildman–Crippen LogP) is 1.82. The molecule has 1 N–H and O–H groups in total. The van der Waals surface area contributed by atoms with Gasteiger partial charge in [-0.3, -0.25) is 24.1 Å². The Morgan fingerprint density at radius 3 is 2.10 bits per heavy atom. The topological polar surface area (TPSA) is 86.8 Å². The Bertz CT molecular complexity index is 930. The van der Waals surface area contributed by atoms with Crippen molar-refractivity contribution in [2.24, 2.45) is 23.7 Å². The third-order valence-corrected chi connectivity index (χ3v) is 6.60. The molecule has 2 fully saturated rings. The van der Waals surface area contributed by atoms with Crippen LogP contribution >= 0.6 is 0 Å². The molecule has 4 atom stereocenters. The Labute approximate surface area is 176 Å². The molecule has 7 nitrogen and oxygen atoms in total. The number of benzene rings is 1. The lowest BCUT2D eigenvalue weighted by atomic mass is 9.85. The SMILES string of the molecule is Cc1cc(C)c(NC(=O)CN(C)C(=O)CN2C(=O)[C@H]3[C@H](C2=O)[C@H]2C=C[C@H]3C2)c(C)c1. The summed E-state index contributed by atoms with van der Waals surface area (Å²) in [5.41, 5.74) is 3.77. The molecule has 1 heterocycles. The van der Waals surface area contributed by atoms with Gasteiger partial charge in [0.05, 0.1) is 18.4 Å². The van der Waals surface area contributed by atoms with Crippen molar-refractivity contribution in [1.29, 1.82) is 0 Å². The van der Waals surface area contributed by atoms with Crippen LogP contribution in [0, 0.1) is 44.4 Å². The number of aryl methyl sites for hydroxylation is 3. The summed E-state index contributed by atoms with van der Waals surface area (Å²) in [6.07, 6.45) is 4.90. The van der Waals surface area contributed by atoms with Crippen LogP contribution in [0.4, 0.5) is 5.69 Å². The molecule has 4 amide bonds. The summed E-state index contributed by atoms with van der Waals surface area (Å²) in [4.78, 5) is 52.9. The molecule has 0 radical (unpaired) electrons. The quantitative estimate of drug-likeness (QED) is 0.594. The molecule has 1 aromatic carbocycles. The van der Waals surface area contributed by atoms with Crippen LogP contribution in [0.15, 0.2) is 24.3 Å². The maximum absolute atomic E-state index is 12.7. The van der Waals surface area contributed by atoms with Gasteiger partial charge in [-0.25, -0.2) is 0 Å². The maximum atomic E-state index is 12.7. The molecule has 1 aromatic rings. The lowest BCUT2D eigenvalue weighted by molar-refractivity contribution is -0.147. The highest BCUT2D eigenvalue weighted by atomic mass is 16.2. The van der Waals surface area contributed by atoms with Gasteiger partial charge in [0.2, 0.25) is 23.6 Å². The fourth-order valence-corrected chi connectivity index (χ4v) is 5.24. The normalized spacial score (nSPS) is 26.3. The number of likely N-dealkylation sites (tertiary alicyclic amines) is 1. The van der Waals surface area contributed by atoms with Gasteiger partial charge in [-0.05, 0) is 50.2 Å². The zero-order valence-corrected chi connectivity index (χ0v) is 17.8. The number of likely N-dealkylation sites (N-methyl/N-ethyl adjacent to an activating group) is 1. The zero-order chi connectivity index (χ0) is 21.7. The first-order valence-electron chi connectivity index (χ1n) is 10.3. The molecule has 1 saturated heterocycles. The lowest BCUT2D eigenvalue weighted by Gasteiger charge is -2.22. The fraction of sp³-hybridized carbons (Fsp3) is 0.478. The Morgan fingerprint density at radius 2 is 1.57 bits per heavy atom. The van der Waals surface area contributed by atoms with E-state index in [0.717, 1.165) is 33.7 Å². The number of imide groups is 1. The number of fused-ring (bicyclic) bond motifs is 5. The smallest absolute Gasteiger partial charge is 0.243 e. The Kier molecular flexibility index (Phi) is 5.00. The van der Waals surface area contributed by atoms with Gasteiger partial charge in [0.25, 0.3) is 0 Å². The Hall–Kier alpha value is -2.96. The van der Waals surface area contributed by atoms with E-state index in [2.05, 4.69) is 5.32 Å². The van der Waals surface area contributed by atoms with Gasteiger partial charge in [-0.15, -0.1) is 0 Å². The number of rotatable bonds is 5. The van der Waals surface area contributed by atoms with Gasteiger partial charge in [-0.1, -0.05) is 29.8 Å². The van der Waals surface area contributed by atoms with Crippen molar-refractivity contribution in [2.75, 3.05) is 25.5 Å². The van der Waals surface area contributed by atoms with E-state index in [1.54, 1.807) is 0 Å².